The minimum Gasteiger partial charge on any atom is -0.483 e. The monoisotopic (exact) mass is 279 g/mol. The van der Waals surface area contributed by atoms with Gasteiger partial charge in [-0.2, -0.15) is 0 Å². The van der Waals surface area contributed by atoms with Crippen molar-refractivity contribution in [2.24, 2.45) is 5.73 Å². The van der Waals surface area contributed by atoms with Gasteiger partial charge in [0.1, 0.15) is 11.7 Å². The summed E-state index contributed by atoms with van der Waals surface area (Å²) in [5, 5.41) is 9.49. The average Bonchev–Trinajstić information content (AvgIpc) is 2.70. The number of hydrogen-bond donors (Lipinski definition) is 2. The van der Waals surface area contributed by atoms with Crippen LogP contribution in [0.25, 0.3) is 0 Å². The van der Waals surface area contributed by atoms with E-state index < -0.39 is 6.10 Å². The van der Waals surface area contributed by atoms with Crippen molar-refractivity contribution in [1.29, 1.82) is 0 Å². The van der Waals surface area contributed by atoms with E-state index in [0.29, 0.717) is 5.75 Å². The predicted octanol–water partition coefficient (Wildman–Crippen LogP) is 2.27. The molecule has 20 heavy (non-hydrogen) atoms. The lowest BCUT2D eigenvalue weighted by atomic mass is 10.0. The summed E-state index contributed by atoms with van der Waals surface area (Å²) >= 11 is 0. The fraction of sp³-hybridized carbons (Fsp3) is 0.625. The standard InChI is InChI=1S/C16H25NO3/c1-4-6-12(17)14(10-18)19-13-8-5-7-11-9-16(2,3)20-15(11)13/h5,7-8,12,14,18H,4,6,9-10,17H2,1-3H3. The highest BCUT2D eigenvalue weighted by Crippen LogP contribution is 2.42. The van der Waals surface area contributed by atoms with Gasteiger partial charge in [0.05, 0.1) is 6.61 Å². The second kappa shape index (κ2) is 6.02. The highest BCUT2D eigenvalue weighted by Gasteiger charge is 2.33. The van der Waals surface area contributed by atoms with Crippen LogP contribution in [-0.4, -0.2) is 29.5 Å². The SMILES string of the molecule is CCCC(N)C(CO)Oc1cccc2c1OC(C)(C)C2. The smallest absolute Gasteiger partial charge is 0.165 e. The molecule has 0 spiro atoms. The van der Waals surface area contributed by atoms with Gasteiger partial charge in [-0.15, -0.1) is 0 Å². The number of hydrogen-bond acceptors (Lipinski definition) is 4. The lowest BCUT2D eigenvalue weighted by Gasteiger charge is -2.24. The zero-order valence-electron chi connectivity index (χ0n) is 12.6. The number of ether oxygens (including phenoxy) is 2. The first kappa shape index (κ1) is 15.1. The lowest BCUT2D eigenvalue weighted by Crippen LogP contribution is -2.41. The van der Waals surface area contributed by atoms with Crippen molar-refractivity contribution in [2.45, 2.75) is 57.8 Å². The number of aliphatic hydroxyl groups is 1. The Balaban J connectivity index is 2.17. The van der Waals surface area contributed by atoms with Crippen LogP contribution in [0.15, 0.2) is 18.2 Å². The molecule has 1 aromatic rings. The molecule has 1 aliphatic heterocycles. The van der Waals surface area contributed by atoms with E-state index in [4.69, 9.17) is 15.2 Å². The summed E-state index contributed by atoms with van der Waals surface area (Å²) in [6.45, 7) is 6.10. The van der Waals surface area contributed by atoms with Crippen LogP contribution in [0.4, 0.5) is 0 Å². The second-order valence-corrected chi connectivity index (χ2v) is 6.07. The van der Waals surface area contributed by atoms with Gasteiger partial charge in [-0.3, -0.25) is 0 Å². The first-order valence-corrected chi connectivity index (χ1v) is 7.31. The van der Waals surface area contributed by atoms with Gasteiger partial charge < -0.3 is 20.3 Å². The maximum Gasteiger partial charge on any atom is 0.165 e. The molecule has 1 aromatic carbocycles. The maximum atomic E-state index is 9.49. The van der Waals surface area contributed by atoms with E-state index in [0.717, 1.165) is 30.6 Å². The normalized spacial score (nSPS) is 19.1. The zero-order chi connectivity index (χ0) is 14.8. The Morgan fingerprint density at radius 1 is 1.45 bits per heavy atom. The molecule has 0 radical (unpaired) electrons. The highest BCUT2D eigenvalue weighted by atomic mass is 16.5. The Bertz CT molecular complexity index is 459. The van der Waals surface area contributed by atoms with E-state index in [1.165, 1.54) is 0 Å². The molecular formula is C16H25NO3. The van der Waals surface area contributed by atoms with E-state index in [-0.39, 0.29) is 18.2 Å². The first-order chi connectivity index (χ1) is 9.46. The molecule has 0 aromatic heterocycles. The number of rotatable bonds is 6. The fourth-order valence-electron chi connectivity index (χ4n) is 2.62. The van der Waals surface area contributed by atoms with E-state index >= 15 is 0 Å². The van der Waals surface area contributed by atoms with Crippen LogP contribution >= 0.6 is 0 Å². The van der Waals surface area contributed by atoms with Crippen molar-refractivity contribution in [3.8, 4) is 11.5 Å². The van der Waals surface area contributed by atoms with Crippen LogP contribution in [0.3, 0.4) is 0 Å². The predicted molar refractivity (Wildman–Crippen MR) is 79.2 cm³/mol. The third-order valence-electron chi connectivity index (χ3n) is 3.61. The summed E-state index contributed by atoms with van der Waals surface area (Å²) < 4.78 is 11.9. The molecule has 2 unspecified atom stereocenters. The van der Waals surface area contributed by atoms with Crippen molar-refractivity contribution in [3.63, 3.8) is 0 Å². The largest absolute Gasteiger partial charge is 0.483 e. The summed E-state index contributed by atoms with van der Waals surface area (Å²) in [7, 11) is 0. The van der Waals surface area contributed by atoms with Gasteiger partial charge in [0.25, 0.3) is 0 Å². The van der Waals surface area contributed by atoms with Gasteiger partial charge in [-0.05, 0) is 26.3 Å². The van der Waals surface area contributed by atoms with Crippen LogP contribution in [0.1, 0.15) is 39.2 Å². The molecule has 4 heteroatoms. The molecule has 4 nitrogen and oxygen atoms in total. The molecule has 1 aliphatic rings. The summed E-state index contributed by atoms with van der Waals surface area (Å²) in [5.74, 6) is 1.47. The summed E-state index contributed by atoms with van der Waals surface area (Å²) in [6.07, 6.45) is 2.27. The van der Waals surface area contributed by atoms with E-state index in [1.54, 1.807) is 0 Å². The van der Waals surface area contributed by atoms with Gasteiger partial charge in [0.15, 0.2) is 11.5 Å². The van der Waals surface area contributed by atoms with E-state index in [1.807, 2.05) is 12.1 Å². The van der Waals surface area contributed by atoms with Gasteiger partial charge in [-0.25, -0.2) is 0 Å². The second-order valence-electron chi connectivity index (χ2n) is 6.07. The third kappa shape index (κ3) is 3.25. The number of fused-ring (bicyclic) bond motifs is 1. The Morgan fingerprint density at radius 3 is 2.85 bits per heavy atom. The molecule has 0 aliphatic carbocycles. The molecule has 2 atom stereocenters. The topological polar surface area (TPSA) is 64.7 Å². The summed E-state index contributed by atoms with van der Waals surface area (Å²) in [6, 6.07) is 5.71. The first-order valence-electron chi connectivity index (χ1n) is 7.31. The molecule has 0 amide bonds. The Kier molecular flexibility index (Phi) is 4.55. The molecule has 0 saturated heterocycles. The molecule has 112 valence electrons. The van der Waals surface area contributed by atoms with Crippen molar-refractivity contribution in [3.05, 3.63) is 23.8 Å². The van der Waals surface area contributed by atoms with E-state index in [9.17, 15) is 5.11 Å². The minimum absolute atomic E-state index is 0.0891. The minimum atomic E-state index is -0.395. The molecule has 0 bridgehead atoms. The Hall–Kier alpha value is -1.26. The molecule has 3 N–H and O–H groups in total. The van der Waals surface area contributed by atoms with Crippen LogP contribution in [-0.2, 0) is 6.42 Å². The number of nitrogens with two attached hydrogens (primary N) is 1. The lowest BCUT2D eigenvalue weighted by molar-refractivity contribution is 0.0812. The molecular weight excluding hydrogens is 254 g/mol. The molecule has 0 fully saturated rings. The fourth-order valence-corrected chi connectivity index (χ4v) is 2.62. The van der Waals surface area contributed by atoms with Crippen molar-refractivity contribution >= 4 is 0 Å². The van der Waals surface area contributed by atoms with Crippen molar-refractivity contribution in [1.82, 2.24) is 0 Å². The number of para-hydroxylation sites is 1. The highest BCUT2D eigenvalue weighted by molar-refractivity contribution is 5.50. The van der Waals surface area contributed by atoms with Crippen LogP contribution in [0.5, 0.6) is 11.5 Å². The van der Waals surface area contributed by atoms with Gasteiger partial charge in [-0.1, -0.05) is 25.5 Å². The van der Waals surface area contributed by atoms with Gasteiger partial charge in [0, 0.05) is 18.0 Å². The Labute approximate surface area is 120 Å². The summed E-state index contributed by atoms with van der Waals surface area (Å²) in [4.78, 5) is 0. The van der Waals surface area contributed by atoms with E-state index in [2.05, 4.69) is 26.8 Å². The molecule has 2 rings (SSSR count). The number of aliphatic hydroxyl groups excluding tert-OH is 1. The number of benzene rings is 1. The Morgan fingerprint density at radius 2 is 2.20 bits per heavy atom. The van der Waals surface area contributed by atoms with Gasteiger partial charge >= 0.3 is 0 Å². The summed E-state index contributed by atoms with van der Waals surface area (Å²) in [5.41, 5.74) is 7.00. The zero-order valence-corrected chi connectivity index (χ0v) is 12.6. The average molecular weight is 279 g/mol. The molecule has 0 saturated carbocycles. The van der Waals surface area contributed by atoms with Crippen molar-refractivity contribution < 1.29 is 14.6 Å². The van der Waals surface area contributed by atoms with Crippen LogP contribution < -0.4 is 15.2 Å². The van der Waals surface area contributed by atoms with Crippen LogP contribution in [0.2, 0.25) is 0 Å². The van der Waals surface area contributed by atoms with Gasteiger partial charge in [0.2, 0.25) is 0 Å². The van der Waals surface area contributed by atoms with Crippen molar-refractivity contribution in [2.75, 3.05) is 6.61 Å². The van der Waals surface area contributed by atoms with Crippen LogP contribution in [0, 0.1) is 0 Å². The molecule has 1 heterocycles. The maximum absolute atomic E-state index is 9.49. The quantitative estimate of drug-likeness (QED) is 0.838. The third-order valence-corrected chi connectivity index (χ3v) is 3.61.